The van der Waals surface area contributed by atoms with Crippen LogP contribution in [0.1, 0.15) is 52.4 Å². The number of unbranched alkanes of at least 4 members (excludes halogenated alkanes) is 1. The van der Waals surface area contributed by atoms with Gasteiger partial charge in [-0.25, -0.2) is 0 Å². The molecule has 3 nitrogen and oxygen atoms in total. The highest BCUT2D eigenvalue weighted by atomic mass is 16.2. The lowest BCUT2D eigenvalue weighted by Crippen LogP contribution is -2.44. The first-order valence-electron chi connectivity index (χ1n) is 6.69. The van der Waals surface area contributed by atoms with Crippen LogP contribution in [-0.2, 0) is 4.79 Å². The van der Waals surface area contributed by atoms with Gasteiger partial charge in [0.2, 0.25) is 5.91 Å². The van der Waals surface area contributed by atoms with Crippen molar-refractivity contribution in [1.82, 2.24) is 4.90 Å². The zero-order valence-electron chi connectivity index (χ0n) is 10.7. The molecule has 1 aliphatic rings. The number of likely N-dealkylation sites (tertiary alicyclic amines) is 1. The Morgan fingerprint density at radius 1 is 1.44 bits per heavy atom. The number of carbonyl (C=O) groups is 1. The van der Waals surface area contributed by atoms with Crippen LogP contribution in [0.15, 0.2) is 0 Å². The molecule has 0 aliphatic carbocycles. The molecule has 0 aromatic carbocycles. The van der Waals surface area contributed by atoms with Gasteiger partial charge in [-0.2, -0.15) is 0 Å². The minimum Gasteiger partial charge on any atom is -0.341 e. The molecule has 1 rings (SSSR count). The number of hydrogen-bond donors (Lipinski definition) is 1. The molecule has 1 amide bonds. The first-order chi connectivity index (χ1) is 7.65. The molecular weight excluding hydrogens is 200 g/mol. The Morgan fingerprint density at radius 3 is 2.88 bits per heavy atom. The summed E-state index contributed by atoms with van der Waals surface area (Å²) in [4.78, 5) is 14.0. The highest BCUT2D eigenvalue weighted by Crippen LogP contribution is 2.17. The van der Waals surface area contributed by atoms with Crippen molar-refractivity contribution in [3.8, 4) is 0 Å². The number of rotatable bonds is 4. The van der Waals surface area contributed by atoms with Crippen LogP contribution in [0.4, 0.5) is 0 Å². The standard InChI is InChI=1S/C13H26N2O/c1-3-4-7-12(14)13(16)15-9-5-6-11(2)8-10-15/h11-12H,3-10,14H2,1-2H3/t11?,12-/m0/s1. The molecule has 1 unspecified atom stereocenters. The van der Waals surface area contributed by atoms with Crippen molar-refractivity contribution in [2.75, 3.05) is 13.1 Å². The van der Waals surface area contributed by atoms with Gasteiger partial charge in [0.15, 0.2) is 0 Å². The van der Waals surface area contributed by atoms with Crippen molar-refractivity contribution >= 4 is 5.91 Å². The summed E-state index contributed by atoms with van der Waals surface area (Å²) in [5, 5.41) is 0. The Morgan fingerprint density at radius 2 is 2.19 bits per heavy atom. The predicted molar refractivity (Wildman–Crippen MR) is 67.1 cm³/mol. The van der Waals surface area contributed by atoms with Gasteiger partial charge < -0.3 is 10.6 Å². The summed E-state index contributed by atoms with van der Waals surface area (Å²) in [5.41, 5.74) is 5.93. The Bertz CT molecular complexity index is 218. The van der Waals surface area contributed by atoms with Crippen molar-refractivity contribution in [3.05, 3.63) is 0 Å². The van der Waals surface area contributed by atoms with Gasteiger partial charge >= 0.3 is 0 Å². The maximum atomic E-state index is 12.1. The normalized spacial score (nSPS) is 23.9. The van der Waals surface area contributed by atoms with Crippen LogP contribution < -0.4 is 5.73 Å². The lowest BCUT2D eigenvalue weighted by molar-refractivity contribution is -0.132. The number of nitrogens with zero attached hydrogens (tertiary/aromatic N) is 1. The van der Waals surface area contributed by atoms with Crippen LogP contribution in [0.2, 0.25) is 0 Å². The van der Waals surface area contributed by atoms with Gasteiger partial charge in [-0.1, -0.05) is 26.7 Å². The topological polar surface area (TPSA) is 46.3 Å². The van der Waals surface area contributed by atoms with Crippen molar-refractivity contribution in [1.29, 1.82) is 0 Å². The largest absolute Gasteiger partial charge is 0.341 e. The number of hydrogen-bond acceptors (Lipinski definition) is 2. The quantitative estimate of drug-likeness (QED) is 0.798. The van der Waals surface area contributed by atoms with E-state index in [1.54, 1.807) is 0 Å². The molecule has 1 heterocycles. The molecule has 1 aliphatic heterocycles. The zero-order chi connectivity index (χ0) is 12.0. The molecule has 2 N–H and O–H groups in total. The minimum atomic E-state index is -0.270. The van der Waals surface area contributed by atoms with E-state index in [9.17, 15) is 4.79 Å². The van der Waals surface area contributed by atoms with E-state index in [1.165, 1.54) is 6.42 Å². The second kappa shape index (κ2) is 6.89. The second-order valence-electron chi connectivity index (χ2n) is 5.11. The fourth-order valence-corrected chi connectivity index (χ4v) is 2.27. The number of amides is 1. The van der Waals surface area contributed by atoms with Gasteiger partial charge in [0, 0.05) is 13.1 Å². The first kappa shape index (κ1) is 13.5. The molecule has 0 aromatic heterocycles. The molecule has 0 bridgehead atoms. The van der Waals surface area contributed by atoms with Crippen molar-refractivity contribution in [2.45, 2.75) is 58.4 Å². The predicted octanol–water partition coefficient (Wildman–Crippen LogP) is 2.15. The highest BCUT2D eigenvalue weighted by molar-refractivity contribution is 5.81. The maximum Gasteiger partial charge on any atom is 0.239 e. The molecule has 1 saturated heterocycles. The Hall–Kier alpha value is -0.570. The highest BCUT2D eigenvalue weighted by Gasteiger charge is 2.22. The second-order valence-corrected chi connectivity index (χ2v) is 5.11. The lowest BCUT2D eigenvalue weighted by Gasteiger charge is -2.24. The molecule has 3 heteroatoms. The van der Waals surface area contributed by atoms with E-state index in [2.05, 4.69) is 13.8 Å². The van der Waals surface area contributed by atoms with Gasteiger partial charge in [-0.05, 0) is 31.6 Å². The van der Waals surface area contributed by atoms with Gasteiger partial charge in [0.25, 0.3) is 0 Å². The average molecular weight is 226 g/mol. The van der Waals surface area contributed by atoms with Crippen LogP contribution >= 0.6 is 0 Å². The third-order valence-electron chi connectivity index (χ3n) is 3.51. The van der Waals surface area contributed by atoms with Crippen LogP contribution in [0.3, 0.4) is 0 Å². The fourth-order valence-electron chi connectivity index (χ4n) is 2.27. The van der Waals surface area contributed by atoms with Gasteiger partial charge in [-0.3, -0.25) is 4.79 Å². The molecular formula is C13H26N2O. The summed E-state index contributed by atoms with van der Waals surface area (Å²) in [6.45, 7) is 6.21. The third kappa shape index (κ3) is 4.12. The Balaban J connectivity index is 2.39. The SMILES string of the molecule is CCCC[C@H](N)C(=O)N1CCCC(C)CC1. The van der Waals surface area contributed by atoms with Gasteiger partial charge in [0.1, 0.15) is 0 Å². The molecule has 0 saturated carbocycles. The average Bonchev–Trinajstić information content (AvgIpc) is 2.50. The summed E-state index contributed by atoms with van der Waals surface area (Å²) in [5.74, 6) is 0.923. The fraction of sp³-hybridized carbons (Fsp3) is 0.923. The molecule has 2 atom stereocenters. The van der Waals surface area contributed by atoms with Gasteiger partial charge in [0.05, 0.1) is 6.04 Å². The summed E-state index contributed by atoms with van der Waals surface area (Å²) in [7, 11) is 0. The van der Waals surface area contributed by atoms with E-state index < -0.39 is 0 Å². The van der Waals surface area contributed by atoms with E-state index >= 15 is 0 Å². The minimum absolute atomic E-state index is 0.169. The van der Waals surface area contributed by atoms with E-state index in [0.717, 1.165) is 51.1 Å². The van der Waals surface area contributed by atoms with E-state index in [-0.39, 0.29) is 11.9 Å². The molecule has 0 spiro atoms. The molecule has 0 aromatic rings. The van der Waals surface area contributed by atoms with Crippen molar-refractivity contribution in [3.63, 3.8) is 0 Å². The molecule has 1 fully saturated rings. The number of nitrogens with two attached hydrogens (primary N) is 1. The Labute approximate surface area is 99.4 Å². The van der Waals surface area contributed by atoms with E-state index in [1.807, 2.05) is 4.90 Å². The number of carbonyl (C=O) groups excluding carboxylic acids is 1. The molecule has 16 heavy (non-hydrogen) atoms. The monoisotopic (exact) mass is 226 g/mol. The summed E-state index contributed by atoms with van der Waals surface area (Å²) in [6.07, 6.45) is 6.50. The summed E-state index contributed by atoms with van der Waals surface area (Å²) < 4.78 is 0. The maximum absolute atomic E-state index is 12.1. The lowest BCUT2D eigenvalue weighted by atomic mass is 10.0. The van der Waals surface area contributed by atoms with Crippen LogP contribution in [-0.4, -0.2) is 29.9 Å². The molecule has 0 radical (unpaired) electrons. The van der Waals surface area contributed by atoms with Crippen molar-refractivity contribution in [2.24, 2.45) is 11.7 Å². The van der Waals surface area contributed by atoms with E-state index in [0.29, 0.717) is 0 Å². The molecule has 94 valence electrons. The zero-order valence-corrected chi connectivity index (χ0v) is 10.7. The van der Waals surface area contributed by atoms with Crippen LogP contribution in [0.25, 0.3) is 0 Å². The van der Waals surface area contributed by atoms with Crippen molar-refractivity contribution < 1.29 is 4.79 Å². The third-order valence-corrected chi connectivity index (χ3v) is 3.51. The van der Waals surface area contributed by atoms with Crippen LogP contribution in [0.5, 0.6) is 0 Å². The Kier molecular flexibility index (Phi) is 5.81. The first-order valence-corrected chi connectivity index (χ1v) is 6.69. The summed E-state index contributed by atoms with van der Waals surface area (Å²) in [6, 6.07) is -0.270. The van der Waals surface area contributed by atoms with Crippen LogP contribution in [0, 0.1) is 5.92 Å². The smallest absolute Gasteiger partial charge is 0.239 e. The van der Waals surface area contributed by atoms with E-state index in [4.69, 9.17) is 5.73 Å². The van der Waals surface area contributed by atoms with Gasteiger partial charge in [-0.15, -0.1) is 0 Å². The summed E-state index contributed by atoms with van der Waals surface area (Å²) >= 11 is 0.